The van der Waals surface area contributed by atoms with Crippen LogP contribution in [0.3, 0.4) is 0 Å². The lowest BCUT2D eigenvalue weighted by Crippen LogP contribution is -2.06. The van der Waals surface area contributed by atoms with Crippen molar-refractivity contribution in [3.63, 3.8) is 0 Å². The van der Waals surface area contributed by atoms with Crippen LogP contribution in [0.15, 0.2) is 24.3 Å². The van der Waals surface area contributed by atoms with Gasteiger partial charge in [-0.2, -0.15) is 0 Å². The van der Waals surface area contributed by atoms with Crippen LogP contribution in [0.2, 0.25) is 0 Å². The molecule has 2 heteroatoms. The molecule has 1 aromatic carbocycles. The fourth-order valence-corrected chi connectivity index (χ4v) is 1.11. The van der Waals surface area contributed by atoms with Crippen molar-refractivity contribution in [2.45, 2.75) is 19.8 Å². The van der Waals surface area contributed by atoms with E-state index < -0.39 is 0 Å². The molecule has 0 spiro atoms. The zero-order chi connectivity index (χ0) is 8.10. The molecule has 2 nitrogen and oxygen atoms in total. The summed E-state index contributed by atoms with van der Waals surface area (Å²) < 4.78 is 0. The van der Waals surface area contributed by atoms with E-state index in [4.69, 9.17) is 5.84 Å². The molecule has 0 saturated heterocycles. The Hall–Kier alpha value is -1.02. The molecule has 0 radical (unpaired) electrons. The van der Waals surface area contributed by atoms with Crippen molar-refractivity contribution in [2.75, 3.05) is 5.43 Å². The van der Waals surface area contributed by atoms with E-state index in [9.17, 15) is 0 Å². The van der Waals surface area contributed by atoms with E-state index in [1.54, 1.807) is 0 Å². The first-order valence-electron chi connectivity index (χ1n) is 3.92. The van der Waals surface area contributed by atoms with Crippen molar-refractivity contribution in [2.24, 2.45) is 5.84 Å². The second-order valence-corrected chi connectivity index (χ2v) is 2.59. The summed E-state index contributed by atoms with van der Waals surface area (Å²) >= 11 is 0. The molecule has 0 aromatic heterocycles. The molecule has 0 atom stereocenters. The summed E-state index contributed by atoms with van der Waals surface area (Å²) in [6.45, 7) is 2.17. The molecule has 0 fully saturated rings. The van der Waals surface area contributed by atoms with E-state index in [0.29, 0.717) is 0 Å². The Morgan fingerprint density at radius 2 is 2.27 bits per heavy atom. The summed E-state index contributed by atoms with van der Waals surface area (Å²) in [5.41, 5.74) is 4.94. The Morgan fingerprint density at radius 1 is 1.45 bits per heavy atom. The minimum absolute atomic E-state index is 0.982. The van der Waals surface area contributed by atoms with Crippen molar-refractivity contribution >= 4 is 5.69 Å². The summed E-state index contributed by atoms with van der Waals surface area (Å²) in [7, 11) is 0. The lowest BCUT2D eigenvalue weighted by atomic mass is 10.1. The molecule has 3 N–H and O–H groups in total. The van der Waals surface area contributed by atoms with Gasteiger partial charge in [-0.25, -0.2) is 0 Å². The van der Waals surface area contributed by atoms with Crippen LogP contribution >= 0.6 is 0 Å². The minimum Gasteiger partial charge on any atom is -0.324 e. The van der Waals surface area contributed by atoms with E-state index >= 15 is 0 Å². The number of hydrogen-bond donors (Lipinski definition) is 2. The number of aryl methyl sites for hydroxylation is 1. The van der Waals surface area contributed by atoms with Crippen molar-refractivity contribution < 1.29 is 0 Å². The van der Waals surface area contributed by atoms with E-state index in [1.807, 2.05) is 12.1 Å². The summed E-state index contributed by atoms with van der Waals surface area (Å²) in [5.74, 6) is 5.26. The number of nitrogens with two attached hydrogens (primary N) is 1. The van der Waals surface area contributed by atoms with Gasteiger partial charge >= 0.3 is 0 Å². The lowest BCUT2D eigenvalue weighted by Gasteiger charge is -2.02. The summed E-state index contributed by atoms with van der Waals surface area (Å²) in [4.78, 5) is 0. The Kier molecular flexibility index (Phi) is 2.93. The zero-order valence-electron chi connectivity index (χ0n) is 6.80. The van der Waals surface area contributed by atoms with Crippen LogP contribution in [-0.2, 0) is 6.42 Å². The molecule has 11 heavy (non-hydrogen) atoms. The van der Waals surface area contributed by atoms with Crippen LogP contribution in [0.4, 0.5) is 5.69 Å². The maximum absolute atomic E-state index is 5.26. The van der Waals surface area contributed by atoms with Crippen molar-refractivity contribution in [1.29, 1.82) is 0 Å². The topological polar surface area (TPSA) is 38.0 Å². The standard InChI is InChI=1S/C9H14N2/c1-2-4-8-5-3-6-9(7-8)11-10/h3,5-7,11H,2,4,10H2,1H3. The maximum atomic E-state index is 5.26. The van der Waals surface area contributed by atoms with E-state index in [1.165, 1.54) is 12.0 Å². The molecule has 60 valence electrons. The molecular formula is C9H14N2. The number of anilines is 1. The van der Waals surface area contributed by atoms with Crippen LogP contribution in [-0.4, -0.2) is 0 Å². The van der Waals surface area contributed by atoms with Gasteiger partial charge in [-0.15, -0.1) is 0 Å². The first-order chi connectivity index (χ1) is 5.36. The van der Waals surface area contributed by atoms with Crippen LogP contribution in [0.1, 0.15) is 18.9 Å². The Balaban J connectivity index is 2.74. The average molecular weight is 150 g/mol. The maximum Gasteiger partial charge on any atom is 0.0487 e. The number of benzene rings is 1. The van der Waals surface area contributed by atoms with Crippen LogP contribution in [0.25, 0.3) is 0 Å². The fraction of sp³-hybridized carbons (Fsp3) is 0.333. The van der Waals surface area contributed by atoms with Crippen LogP contribution in [0.5, 0.6) is 0 Å². The third kappa shape index (κ3) is 2.24. The Labute approximate surface area is 67.4 Å². The monoisotopic (exact) mass is 150 g/mol. The molecule has 0 amide bonds. The smallest absolute Gasteiger partial charge is 0.0487 e. The Bertz CT molecular complexity index is 221. The molecule has 1 rings (SSSR count). The second kappa shape index (κ2) is 3.98. The van der Waals surface area contributed by atoms with Gasteiger partial charge in [-0.1, -0.05) is 25.5 Å². The van der Waals surface area contributed by atoms with Gasteiger partial charge in [-0.3, -0.25) is 5.84 Å². The molecule has 0 bridgehead atoms. The largest absolute Gasteiger partial charge is 0.324 e. The molecule has 0 heterocycles. The molecule has 0 saturated carbocycles. The number of rotatable bonds is 3. The number of nitrogens with one attached hydrogen (secondary N) is 1. The van der Waals surface area contributed by atoms with Gasteiger partial charge < -0.3 is 5.43 Å². The second-order valence-electron chi connectivity index (χ2n) is 2.59. The Morgan fingerprint density at radius 3 is 2.91 bits per heavy atom. The van der Waals surface area contributed by atoms with Crippen molar-refractivity contribution in [3.8, 4) is 0 Å². The van der Waals surface area contributed by atoms with Crippen LogP contribution in [0, 0.1) is 0 Å². The molecule has 0 aliphatic heterocycles. The number of hydrogen-bond acceptors (Lipinski definition) is 2. The summed E-state index contributed by atoms with van der Waals surface area (Å²) in [6.07, 6.45) is 2.30. The van der Waals surface area contributed by atoms with Gasteiger partial charge in [0.05, 0.1) is 0 Å². The normalized spacial score (nSPS) is 9.64. The molecule has 0 unspecified atom stereocenters. The lowest BCUT2D eigenvalue weighted by molar-refractivity contribution is 0.922. The van der Waals surface area contributed by atoms with Gasteiger partial charge in [0.25, 0.3) is 0 Å². The van der Waals surface area contributed by atoms with Gasteiger partial charge in [-0.05, 0) is 24.1 Å². The number of nitrogen functional groups attached to an aromatic ring is 1. The van der Waals surface area contributed by atoms with E-state index in [-0.39, 0.29) is 0 Å². The van der Waals surface area contributed by atoms with Gasteiger partial charge in [0.15, 0.2) is 0 Å². The fourth-order valence-electron chi connectivity index (χ4n) is 1.11. The predicted molar refractivity (Wildman–Crippen MR) is 48.2 cm³/mol. The third-order valence-electron chi connectivity index (χ3n) is 1.63. The average Bonchev–Trinajstić information content (AvgIpc) is 2.06. The molecule has 1 aromatic rings. The van der Waals surface area contributed by atoms with E-state index in [0.717, 1.165) is 12.1 Å². The van der Waals surface area contributed by atoms with Crippen molar-refractivity contribution in [3.05, 3.63) is 29.8 Å². The van der Waals surface area contributed by atoms with E-state index in [2.05, 4.69) is 24.5 Å². The van der Waals surface area contributed by atoms with Gasteiger partial charge in [0, 0.05) is 5.69 Å². The highest BCUT2D eigenvalue weighted by molar-refractivity contribution is 5.44. The highest BCUT2D eigenvalue weighted by Crippen LogP contribution is 2.10. The molecule has 0 aliphatic rings. The quantitative estimate of drug-likeness (QED) is 0.510. The number of hydrazine groups is 1. The van der Waals surface area contributed by atoms with Crippen molar-refractivity contribution in [1.82, 2.24) is 0 Å². The SMILES string of the molecule is CCCc1cccc(NN)c1. The molecule has 0 aliphatic carbocycles. The minimum atomic E-state index is 0.982. The van der Waals surface area contributed by atoms with Gasteiger partial charge in [0.2, 0.25) is 0 Å². The third-order valence-corrected chi connectivity index (χ3v) is 1.63. The summed E-state index contributed by atoms with van der Waals surface area (Å²) in [6, 6.07) is 8.16. The van der Waals surface area contributed by atoms with Gasteiger partial charge in [0.1, 0.15) is 0 Å². The predicted octanol–water partition coefficient (Wildman–Crippen LogP) is 1.92. The highest BCUT2D eigenvalue weighted by Gasteiger charge is 1.91. The first kappa shape index (κ1) is 8.08. The van der Waals surface area contributed by atoms with Crippen LogP contribution < -0.4 is 11.3 Å². The molecular weight excluding hydrogens is 136 g/mol. The first-order valence-corrected chi connectivity index (χ1v) is 3.92. The highest BCUT2D eigenvalue weighted by atomic mass is 15.2. The summed E-state index contributed by atoms with van der Waals surface area (Å²) in [5, 5.41) is 0. The zero-order valence-corrected chi connectivity index (χ0v) is 6.80.